The molecule has 0 unspecified atom stereocenters. The van der Waals surface area contributed by atoms with Gasteiger partial charge in [0, 0.05) is 30.4 Å². The predicted octanol–water partition coefficient (Wildman–Crippen LogP) is 3.03. The summed E-state index contributed by atoms with van der Waals surface area (Å²) in [6.45, 7) is 5.67. The molecule has 1 saturated heterocycles. The van der Waals surface area contributed by atoms with Crippen LogP contribution in [0.1, 0.15) is 66.8 Å². The molecular formula is C20H30N2O5S2. The third-order valence-corrected chi connectivity index (χ3v) is 9.51. The molecule has 29 heavy (non-hydrogen) atoms. The first-order chi connectivity index (χ1) is 13.8. The highest BCUT2D eigenvalue weighted by molar-refractivity contribution is 7.91. The van der Waals surface area contributed by atoms with E-state index in [0.717, 1.165) is 53.9 Å². The number of fused-ring (bicyclic) bond motifs is 1. The minimum atomic E-state index is -3.78. The van der Waals surface area contributed by atoms with Crippen molar-refractivity contribution >= 4 is 33.2 Å². The lowest BCUT2D eigenvalue weighted by atomic mass is 10.0. The molecule has 3 heterocycles. The van der Waals surface area contributed by atoms with Gasteiger partial charge in [-0.2, -0.15) is 4.31 Å². The molecule has 1 aromatic heterocycles. The summed E-state index contributed by atoms with van der Waals surface area (Å²) in [5, 5.41) is 0. The van der Waals surface area contributed by atoms with Gasteiger partial charge in [-0.3, -0.25) is 4.79 Å². The summed E-state index contributed by atoms with van der Waals surface area (Å²) in [6, 6.07) is 0. The Hall–Kier alpha value is -1.45. The van der Waals surface area contributed by atoms with Crippen LogP contribution in [0.4, 0.5) is 0 Å². The van der Waals surface area contributed by atoms with E-state index in [1.807, 2.05) is 13.8 Å². The molecule has 7 nitrogen and oxygen atoms in total. The first-order valence-corrected chi connectivity index (χ1v) is 12.6. The number of esters is 1. The molecule has 1 amide bonds. The normalized spacial score (nSPS) is 19.3. The molecule has 1 aromatic rings. The van der Waals surface area contributed by atoms with Gasteiger partial charge in [-0.25, -0.2) is 13.2 Å². The van der Waals surface area contributed by atoms with Crippen molar-refractivity contribution < 1.29 is 22.7 Å². The van der Waals surface area contributed by atoms with Crippen LogP contribution in [0.5, 0.6) is 0 Å². The number of amides is 1. The van der Waals surface area contributed by atoms with Crippen molar-refractivity contribution in [2.75, 3.05) is 26.7 Å². The maximum atomic E-state index is 13.4. The highest BCUT2D eigenvalue weighted by Gasteiger charge is 2.38. The van der Waals surface area contributed by atoms with Crippen LogP contribution >= 0.6 is 11.3 Å². The number of carbonyl (C=O) groups is 2. The Kier molecular flexibility index (Phi) is 7.01. The molecule has 2 aliphatic heterocycles. The van der Waals surface area contributed by atoms with Crippen LogP contribution in [0.3, 0.4) is 0 Å². The third kappa shape index (κ3) is 4.36. The second-order valence-corrected chi connectivity index (χ2v) is 11.0. The molecule has 3 rings (SSSR count). The van der Waals surface area contributed by atoms with Crippen molar-refractivity contribution in [2.45, 2.75) is 63.1 Å². The number of sulfonamides is 1. The number of hydrogen-bond acceptors (Lipinski definition) is 6. The van der Waals surface area contributed by atoms with Crippen LogP contribution in [0.2, 0.25) is 0 Å². The third-order valence-electron chi connectivity index (χ3n) is 5.90. The van der Waals surface area contributed by atoms with Crippen molar-refractivity contribution in [3.8, 4) is 0 Å². The van der Waals surface area contributed by atoms with Gasteiger partial charge >= 0.3 is 5.97 Å². The van der Waals surface area contributed by atoms with Gasteiger partial charge in [0.2, 0.25) is 5.91 Å². The van der Waals surface area contributed by atoms with E-state index in [1.54, 1.807) is 4.90 Å². The van der Waals surface area contributed by atoms with E-state index in [-0.39, 0.29) is 21.6 Å². The van der Waals surface area contributed by atoms with Gasteiger partial charge in [0.05, 0.1) is 19.2 Å². The number of rotatable bonds is 5. The number of nitrogens with zero attached hydrogens (tertiary/aromatic N) is 2. The Morgan fingerprint density at radius 1 is 1.14 bits per heavy atom. The maximum absolute atomic E-state index is 13.4. The fraction of sp³-hybridized carbons (Fsp3) is 0.700. The molecule has 0 saturated carbocycles. The SMILES string of the molecule is CC[C@H](C)C(=O)N1CCc2c(sc(S(=O)(=O)N3CCCCCC3)c2C(=O)OC)C1. The van der Waals surface area contributed by atoms with Crippen LogP contribution in [-0.4, -0.2) is 56.2 Å². The van der Waals surface area contributed by atoms with Crippen LogP contribution in [-0.2, 0) is 32.5 Å². The minimum Gasteiger partial charge on any atom is -0.465 e. The summed E-state index contributed by atoms with van der Waals surface area (Å²) >= 11 is 1.13. The second-order valence-electron chi connectivity index (χ2n) is 7.80. The number of thiophene rings is 1. The zero-order chi connectivity index (χ0) is 21.2. The van der Waals surface area contributed by atoms with Crippen molar-refractivity contribution in [2.24, 2.45) is 5.92 Å². The number of carbonyl (C=O) groups excluding carboxylic acids is 2. The summed E-state index contributed by atoms with van der Waals surface area (Å²) in [7, 11) is -2.50. The number of hydrogen-bond donors (Lipinski definition) is 0. The molecule has 0 aromatic carbocycles. The van der Waals surface area contributed by atoms with Gasteiger partial charge in [-0.1, -0.05) is 26.7 Å². The summed E-state index contributed by atoms with van der Waals surface area (Å²) in [5.74, 6) is -0.613. The Labute approximate surface area is 177 Å². The molecule has 0 radical (unpaired) electrons. The molecule has 1 fully saturated rings. The van der Waals surface area contributed by atoms with Gasteiger partial charge in [-0.15, -0.1) is 11.3 Å². The monoisotopic (exact) mass is 442 g/mol. The van der Waals surface area contributed by atoms with Crippen LogP contribution in [0.25, 0.3) is 0 Å². The van der Waals surface area contributed by atoms with E-state index in [1.165, 1.54) is 11.4 Å². The lowest BCUT2D eigenvalue weighted by Gasteiger charge is -2.29. The number of methoxy groups -OCH3 is 1. The van der Waals surface area contributed by atoms with Crippen LogP contribution in [0.15, 0.2) is 4.21 Å². The molecule has 0 bridgehead atoms. The van der Waals surface area contributed by atoms with Crippen molar-refractivity contribution in [1.82, 2.24) is 9.21 Å². The average Bonchev–Trinajstić information content (AvgIpc) is 2.90. The first kappa shape index (κ1) is 22.2. The standard InChI is InChI=1S/C20H30N2O5S2/c1-4-14(2)18(23)21-12-9-15-16(13-21)28-20(17(15)19(24)27-3)29(25,26)22-10-7-5-6-8-11-22/h14H,4-13H2,1-3H3/t14-/m0/s1. The predicted molar refractivity (Wildman–Crippen MR) is 111 cm³/mol. The molecule has 1 atom stereocenters. The molecule has 0 N–H and O–H groups in total. The van der Waals surface area contributed by atoms with E-state index in [9.17, 15) is 18.0 Å². The zero-order valence-electron chi connectivity index (χ0n) is 17.4. The summed E-state index contributed by atoms with van der Waals surface area (Å²) in [4.78, 5) is 27.7. The van der Waals surface area contributed by atoms with Crippen LogP contribution in [0, 0.1) is 5.92 Å². The molecule has 2 aliphatic rings. The molecule has 9 heteroatoms. The largest absolute Gasteiger partial charge is 0.465 e. The summed E-state index contributed by atoms with van der Waals surface area (Å²) in [5.41, 5.74) is 0.899. The Bertz CT molecular complexity index is 870. The highest BCUT2D eigenvalue weighted by Crippen LogP contribution is 2.38. The average molecular weight is 443 g/mol. The lowest BCUT2D eigenvalue weighted by molar-refractivity contribution is -0.135. The van der Waals surface area contributed by atoms with Crippen molar-refractivity contribution in [1.29, 1.82) is 0 Å². The van der Waals surface area contributed by atoms with Gasteiger partial charge in [0.15, 0.2) is 0 Å². The van der Waals surface area contributed by atoms with Crippen LogP contribution < -0.4 is 0 Å². The fourth-order valence-corrected chi connectivity index (χ4v) is 7.50. The zero-order valence-corrected chi connectivity index (χ0v) is 19.0. The van der Waals surface area contributed by atoms with Crippen molar-refractivity contribution in [3.63, 3.8) is 0 Å². The molecule has 0 aliphatic carbocycles. The van der Waals surface area contributed by atoms with Gasteiger partial charge in [0.25, 0.3) is 10.0 Å². The maximum Gasteiger partial charge on any atom is 0.340 e. The summed E-state index contributed by atoms with van der Waals surface area (Å²) < 4.78 is 33.4. The Morgan fingerprint density at radius 3 is 2.38 bits per heavy atom. The smallest absolute Gasteiger partial charge is 0.340 e. The van der Waals surface area contributed by atoms with E-state index < -0.39 is 16.0 Å². The van der Waals surface area contributed by atoms with E-state index in [2.05, 4.69) is 0 Å². The fourth-order valence-electron chi connectivity index (χ4n) is 3.94. The van der Waals surface area contributed by atoms with E-state index in [4.69, 9.17) is 4.74 Å². The van der Waals surface area contributed by atoms with E-state index >= 15 is 0 Å². The van der Waals surface area contributed by atoms with E-state index in [0.29, 0.717) is 32.6 Å². The topological polar surface area (TPSA) is 84.0 Å². The van der Waals surface area contributed by atoms with Crippen molar-refractivity contribution in [3.05, 3.63) is 16.0 Å². The summed E-state index contributed by atoms with van der Waals surface area (Å²) in [6.07, 6.45) is 4.92. The van der Waals surface area contributed by atoms with Gasteiger partial charge in [0.1, 0.15) is 4.21 Å². The minimum absolute atomic E-state index is 0.0723. The molecule has 0 spiro atoms. The lowest BCUT2D eigenvalue weighted by Crippen LogP contribution is -2.38. The number of ether oxygens (including phenoxy) is 1. The Balaban J connectivity index is 2.00. The Morgan fingerprint density at radius 2 is 1.79 bits per heavy atom. The quantitative estimate of drug-likeness (QED) is 0.655. The van der Waals surface area contributed by atoms with Gasteiger partial charge in [-0.05, 0) is 31.2 Å². The first-order valence-electron chi connectivity index (χ1n) is 10.3. The second kappa shape index (κ2) is 9.14. The molecular weight excluding hydrogens is 412 g/mol. The molecule has 162 valence electrons. The van der Waals surface area contributed by atoms with Gasteiger partial charge < -0.3 is 9.64 Å². The highest BCUT2D eigenvalue weighted by atomic mass is 32.2.